The summed E-state index contributed by atoms with van der Waals surface area (Å²) in [5, 5.41) is 8.69. The second-order valence-electron chi connectivity index (χ2n) is 4.31. The van der Waals surface area contributed by atoms with Gasteiger partial charge in [0.25, 0.3) is 0 Å². The number of rotatable bonds is 5. The highest BCUT2D eigenvalue weighted by Gasteiger charge is 2.34. The second-order valence-corrected chi connectivity index (χ2v) is 5.72. The fourth-order valence-corrected chi connectivity index (χ4v) is 2.62. The van der Waals surface area contributed by atoms with Gasteiger partial charge in [-0.1, -0.05) is 6.92 Å². The fraction of sp³-hybridized carbons (Fsp3) is 0.778. The average Bonchev–Trinajstić information content (AvgIpc) is 2.43. The Morgan fingerprint density at radius 3 is 2.71 bits per heavy atom. The molecular formula is C9H14FNO5S. The molecule has 1 rings (SSSR count). The van der Waals surface area contributed by atoms with Crippen LogP contribution in [0.1, 0.15) is 13.3 Å². The lowest BCUT2D eigenvalue weighted by Crippen LogP contribution is -2.33. The van der Waals surface area contributed by atoms with E-state index in [0.29, 0.717) is 0 Å². The van der Waals surface area contributed by atoms with Crippen molar-refractivity contribution in [3.63, 3.8) is 0 Å². The summed E-state index contributed by atoms with van der Waals surface area (Å²) in [5.74, 6) is -3.35. The summed E-state index contributed by atoms with van der Waals surface area (Å²) in [6.07, 6.45) is -0.0461. The van der Waals surface area contributed by atoms with Crippen molar-refractivity contribution in [2.45, 2.75) is 13.3 Å². The Kier molecular flexibility index (Phi) is 4.07. The highest BCUT2D eigenvalue weighted by atomic mass is 32.3. The number of carboxylic acid groups (broad SMARTS) is 1. The Morgan fingerprint density at radius 1 is 1.65 bits per heavy atom. The third kappa shape index (κ3) is 4.29. The molecule has 6 nitrogen and oxygen atoms in total. The Labute approximate surface area is 98.6 Å². The first-order valence-corrected chi connectivity index (χ1v) is 6.67. The lowest BCUT2D eigenvalue weighted by molar-refractivity contribution is -0.142. The van der Waals surface area contributed by atoms with Crippen molar-refractivity contribution >= 4 is 22.1 Å². The molecule has 0 spiro atoms. The SMILES string of the molecule is CC(CN1CC(CS(=O)(=O)F)CC1=O)C(=O)O. The summed E-state index contributed by atoms with van der Waals surface area (Å²) < 4.78 is 33.3. The van der Waals surface area contributed by atoms with E-state index in [1.165, 1.54) is 11.8 Å². The van der Waals surface area contributed by atoms with Crippen LogP contribution in [0.15, 0.2) is 0 Å². The summed E-state index contributed by atoms with van der Waals surface area (Å²) in [4.78, 5) is 23.3. The van der Waals surface area contributed by atoms with Crippen molar-refractivity contribution in [1.29, 1.82) is 0 Å². The summed E-state index contributed by atoms with van der Waals surface area (Å²) in [6.45, 7) is 1.57. The van der Waals surface area contributed by atoms with E-state index in [4.69, 9.17) is 5.11 Å². The van der Waals surface area contributed by atoms with E-state index in [2.05, 4.69) is 0 Å². The monoisotopic (exact) mass is 267 g/mol. The van der Waals surface area contributed by atoms with Crippen LogP contribution >= 0.6 is 0 Å². The summed E-state index contributed by atoms with van der Waals surface area (Å²) >= 11 is 0. The van der Waals surface area contributed by atoms with Crippen LogP contribution in [0.25, 0.3) is 0 Å². The number of nitrogens with zero attached hydrogens (tertiary/aromatic N) is 1. The molecule has 0 aromatic carbocycles. The fourth-order valence-electron chi connectivity index (χ4n) is 1.83. The maximum atomic E-state index is 12.4. The first kappa shape index (κ1) is 13.9. The van der Waals surface area contributed by atoms with E-state index in [0.717, 1.165) is 0 Å². The largest absolute Gasteiger partial charge is 0.481 e. The van der Waals surface area contributed by atoms with Gasteiger partial charge in [-0.2, -0.15) is 8.42 Å². The Balaban J connectivity index is 2.56. The Hall–Kier alpha value is -1.18. The van der Waals surface area contributed by atoms with Crippen molar-refractivity contribution in [1.82, 2.24) is 4.90 Å². The molecule has 98 valence electrons. The lowest BCUT2D eigenvalue weighted by atomic mass is 10.1. The molecule has 8 heteroatoms. The van der Waals surface area contributed by atoms with Gasteiger partial charge in [-0.15, -0.1) is 3.89 Å². The number of hydrogen-bond donors (Lipinski definition) is 1. The van der Waals surface area contributed by atoms with Crippen molar-refractivity contribution in [2.24, 2.45) is 11.8 Å². The lowest BCUT2D eigenvalue weighted by Gasteiger charge is -2.18. The number of hydrogen-bond acceptors (Lipinski definition) is 4. The summed E-state index contributed by atoms with van der Waals surface area (Å²) in [7, 11) is -4.59. The highest BCUT2D eigenvalue weighted by Crippen LogP contribution is 2.21. The second kappa shape index (κ2) is 4.99. The Bertz CT molecular complexity index is 421. The van der Waals surface area contributed by atoms with Crippen LogP contribution in [0.5, 0.6) is 0 Å². The average molecular weight is 267 g/mol. The van der Waals surface area contributed by atoms with Crippen molar-refractivity contribution < 1.29 is 27.0 Å². The van der Waals surface area contributed by atoms with E-state index < -0.39 is 33.8 Å². The molecule has 1 fully saturated rings. The molecule has 1 amide bonds. The van der Waals surface area contributed by atoms with Crippen LogP contribution in [0.3, 0.4) is 0 Å². The molecule has 17 heavy (non-hydrogen) atoms. The van der Waals surface area contributed by atoms with Crippen LogP contribution in [0.4, 0.5) is 3.89 Å². The van der Waals surface area contributed by atoms with Gasteiger partial charge in [0, 0.05) is 25.4 Å². The molecule has 1 heterocycles. The standard InChI is InChI=1S/C9H14FNO5S/c1-6(9(13)14)3-11-4-7(2-8(11)12)5-17(10,15)16/h6-7H,2-5H2,1H3,(H,13,14). The first-order valence-electron chi connectivity index (χ1n) is 5.12. The van der Waals surface area contributed by atoms with Gasteiger partial charge in [-0.25, -0.2) is 0 Å². The smallest absolute Gasteiger partial charge is 0.308 e. The van der Waals surface area contributed by atoms with Gasteiger partial charge in [0.2, 0.25) is 5.91 Å². The number of likely N-dealkylation sites (tertiary alicyclic amines) is 1. The molecule has 0 aromatic heterocycles. The number of aliphatic carboxylic acids is 1. The Morgan fingerprint density at radius 2 is 2.24 bits per heavy atom. The molecule has 2 atom stereocenters. The first-order chi connectivity index (χ1) is 7.69. The molecule has 2 unspecified atom stereocenters. The molecule has 1 aliphatic heterocycles. The van der Waals surface area contributed by atoms with Crippen molar-refractivity contribution in [3.05, 3.63) is 0 Å². The van der Waals surface area contributed by atoms with Gasteiger partial charge in [0.05, 0.1) is 11.7 Å². The summed E-state index contributed by atoms with van der Waals surface area (Å²) in [5.41, 5.74) is 0. The molecular weight excluding hydrogens is 253 g/mol. The topological polar surface area (TPSA) is 91.8 Å². The van der Waals surface area contributed by atoms with E-state index in [1.807, 2.05) is 0 Å². The highest BCUT2D eigenvalue weighted by molar-refractivity contribution is 7.86. The van der Waals surface area contributed by atoms with Crippen molar-refractivity contribution in [2.75, 3.05) is 18.8 Å². The maximum Gasteiger partial charge on any atom is 0.308 e. The maximum absolute atomic E-state index is 12.4. The van der Waals surface area contributed by atoms with Gasteiger partial charge < -0.3 is 10.0 Å². The van der Waals surface area contributed by atoms with Crippen LogP contribution < -0.4 is 0 Å². The zero-order valence-electron chi connectivity index (χ0n) is 9.30. The normalized spacial score (nSPS) is 22.8. The van der Waals surface area contributed by atoms with Crippen molar-refractivity contribution in [3.8, 4) is 0 Å². The molecule has 0 bridgehead atoms. The van der Waals surface area contributed by atoms with Gasteiger partial charge in [-0.05, 0) is 0 Å². The molecule has 0 aliphatic carbocycles. The molecule has 0 aromatic rings. The number of amides is 1. The number of carbonyl (C=O) groups excluding carboxylic acids is 1. The van der Waals surface area contributed by atoms with Gasteiger partial charge in [0.1, 0.15) is 0 Å². The van der Waals surface area contributed by atoms with Gasteiger partial charge in [0.15, 0.2) is 0 Å². The zero-order valence-corrected chi connectivity index (χ0v) is 10.1. The molecule has 1 aliphatic rings. The molecule has 1 N–H and O–H groups in total. The van der Waals surface area contributed by atoms with E-state index in [-0.39, 0.29) is 25.4 Å². The minimum atomic E-state index is -4.59. The van der Waals surface area contributed by atoms with Crippen LogP contribution in [-0.4, -0.2) is 49.1 Å². The van der Waals surface area contributed by atoms with Crippen LogP contribution in [0.2, 0.25) is 0 Å². The molecule has 0 saturated carbocycles. The quantitative estimate of drug-likeness (QED) is 0.700. The molecule has 0 radical (unpaired) electrons. The third-order valence-electron chi connectivity index (χ3n) is 2.65. The number of carbonyl (C=O) groups is 2. The predicted molar refractivity (Wildman–Crippen MR) is 56.4 cm³/mol. The number of halogens is 1. The summed E-state index contributed by atoms with van der Waals surface area (Å²) in [6, 6.07) is 0. The zero-order chi connectivity index (χ0) is 13.2. The van der Waals surface area contributed by atoms with E-state index in [1.54, 1.807) is 0 Å². The van der Waals surface area contributed by atoms with E-state index in [9.17, 15) is 21.9 Å². The van der Waals surface area contributed by atoms with Crippen LogP contribution in [0, 0.1) is 11.8 Å². The molecule has 1 saturated heterocycles. The van der Waals surface area contributed by atoms with Gasteiger partial charge in [-0.3, -0.25) is 9.59 Å². The van der Waals surface area contributed by atoms with E-state index >= 15 is 0 Å². The predicted octanol–water partition coefficient (Wildman–Crippen LogP) is -0.145. The third-order valence-corrected chi connectivity index (χ3v) is 3.51. The minimum Gasteiger partial charge on any atom is -0.481 e. The minimum absolute atomic E-state index is 0.0248. The van der Waals surface area contributed by atoms with Crippen LogP contribution in [-0.2, 0) is 19.8 Å². The van der Waals surface area contributed by atoms with Gasteiger partial charge >= 0.3 is 16.2 Å². The number of carboxylic acids is 1.